The molecule has 0 saturated heterocycles. The summed E-state index contributed by atoms with van der Waals surface area (Å²) in [5, 5.41) is 5.52. The fourth-order valence-corrected chi connectivity index (χ4v) is 1.67. The lowest BCUT2D eigenvalue weighted by Crippen LogP contribution is -2.34. The van der Waals surface area contributed by atoms with Gasteiger partial charge in [0, 0.05) is 25.1 Å². The van der Waals surface area contributed by atoms with Crippen molar-refractivity contribution >= 4 is 11.8 Å². The molecule has 2 N–H and O–H groups in total. The van der Waals surface area contributed by atoms with Crippen LogP contribution in [0.25, 0.3) is 0 Å². The number of hydrogen-bond donors (Lipinski definition) is 2. The molecule has 0 unspecified atom stereocenters. The third kappa shape index (κ3) is 5.73. The van der Waals surface area contributed by atoms with Gasteiger partial charge in [0.05, 0.1) is 7.11 Å². The number of rotatable bonds is 8. The first-order valence-electron chi connectivity index (χ1n) is 6.86. The number of amides is 2. The van der Waals surface area contributed by atoms with Gasteiger partial charge in [0.25, 0.3) is 5.91 Å². The SMILES string of the molecule is CCCCC(=O)NCCNC(=O)c1cccc(OC)c1. The first-order valence-corrected chi connectivity index (χ1v) is 6.86. The Morgan fingerprint density at radius 2 is 1.95 bits per heavy atom. The summed E-state index contributed by atoms with van der Waals surface area (Å²) in [6, 6.07) is 6.94. The van der Waals surface area contributed by atoms with Gasteiger partial charge < -0.3 is 15.4 Å². The van der Waals surface area contributed by atoms with Gasteiger partial charge in [0.2, 0.25) is 5.91 Å². The van der Waals surface area contributed by atoms with Gasteiger partial charge >= 0.3 is 0 Å². The van der Waals surface area contributed by atoms with Crippen molar-refractivity contribution in [2.45, 2.75) is 26.2 Å². The minimum Gasteiger partial charge on any atom is -0.497 e. The van der Waals surface area contributed by atoms with E-state index < -0.39 is 0 Å². The van der Waals surface area contributed by atoms with Crippen LogP contribution in [-0.2, 0) is 4.79 Å². The molecule has 0 radical (unpaired) electrons. The van der Waals surface area contributed by atoms with Gasteiger partial charge in [-0.05, 0) is 24.6 Å². The van der Waals surface area contributed by atoms with Gasteiger partial charge in [-0.25, -0.2) is 0 Å². The molecule has 0 aliphatic carbocycles. The van der Waals surface area contributed by atoms with Crippen molar-refractivity contribution in [3.05, 3.63) is 29.8 Å². The van der Waals surface area contributed by atoms with Crippen molar-refractivity contribution in [2.24, 2.45) is 0 Å². The Morgan fingerprint density at radius 3 is 2.65 bits per heavy atom. The normalized spacial score (nSPS) is 9.90. The summed E-state index contributed by atoms with van der Waals surface area (Å²) in [5.41, 5.74) is 0.543. The van der Waals surface area contributed by atoms with E-state index in [1.165, 1.54) is 0 Å². The summed E-state index contributed by atoms with van der Waals surface area (Å²) >= 11 is 0. The Hall–Kier alpha value is -2.04. The molecule has 110 valence electrons. The number of nitrogens with one attached hydrogen (secondary N) is 2. The van der Waals surface area contributed by atoms with Crippen molar-refractivity contribution in [3.8, 4) is 5.75 Å². The van der Waals surface area contributed by atoms with Crippen molar-refractivity contribution in [3.63, 3.8) is 0 Å². The zero-order valence-corrected chi connectivity index (χ0v) is 12.1. The highest BCUT2D eigenvalue weighted by Gasteiger charge is 2.06. The van der Waals surface area contributed by atoms with Crippen LogP contribution in [0.3, 0.4) is 0 Å². The molecule has 0 aliphatic heterocycles. The molecule has 0 spiro atoms. The average Bonchev–Trinajstić information content (AvgIpc) is 2.49. The van der Waals surface area contributed by atoms with Crippen molar-refractivity contribution < 1.29 is 14.3 Å². The molecular weight excluding hydrogens is 256 g/mol. The van der Waals surface area contributed by atoms with E-state index in [-0.39, 0.29) is 11.8 Å². The van der Waals surface area contributed by atoms with Crippen LogP contribution in [0.2, 0.25) is 0 Å². The maximum Gasteiger partial charge on any atom is 0.251 e. The maximum absolute atomic E-state index is 11.9. The average molecular weight is 278 g/mol. The lowest BCUT2D eigenvalue weighted by Gasteiger charge is -2.08. The maximum atomic E-state index is 11.9. The Balaban J connectivity index is 2.27. The van der Waals surface area contributed by atoms with Gasteiger partial charge in [0.15, 0.2) is 0 Å². The van der Waals surface area contributed by atoms with Crippen LogP contribution >= 0.6 is 0 Å². The lowest BCUT2D eigenvalue weighted by atomic mass is 10.2. The molecule has 0 heterocycles. The number of hydrogen-bond acceptors (Lipinski definition) is 3. The molecule has 5 heteroatoms. The first-order chi connectivity index (χ1) is 9.67. The summed E-state index contributed by atoms with van der Waals surface area (Å²) in [7, 11) is 1.56. The Bertz CT molecular complexity index is 446. The zero-order valence-electron chi connectivity index (χ0n) is 12.1. The van der Waals surface area contributed by atoms with Gasteiger partial charge in [-0.2, -0.15) is 0 Å². The molecule has 1 aromatic rings. The van der Waals surface area contributed by atoms with Crippen LogP contribution in [0.1, 0.15) is 36.5 Å². The summed E-state index contributed by atoms with van der Waals surface area (Å²) < 4.78 is 5.06. The summed E-state index contributed by atoms with van der Waals surface area (Å²) in [6.45, 7) is 2.90. The third-order valence-corrected chi connectivity index (χ3v) is 2.82. The Labute approximate surface area is 119 Å². The van der Waals surface area contributed by atoms with Gasteiger partial charge in [-0.3, -0.25) is 9.59 Å². The Kier molecular flexibility index (Phi) is 7.17. The Morgan fingerprint density at radius 1 is 1.20 bits per heavy atom. The fraction of sp³-hybridized carbons (Fsp3) is 0.467. The van der Waals surface area contributed by atoms with Gasteiger partial charge in [-0.1, -0.05) is 19.4 Å². The van der Waals surface area contributed by atoms with E-state index in [9.17, 15) is 9.59 Å². The molecule has 0 atom stereocenters. The fourth-order valence-electron chi connectivity index (χ4n) is 1.67. The molecule has 0 aliphatic rings. The summed E-state index contributed by atoms with van der Waals surface area (Å²) in [4.78, 5) is 23.2. The second-order valence-electron chi connectivity index (χ2n) is 4.44. The van der Waals surface area contributed by atoms with Crippen molar-refractivity contribution in [2.75, 3.05) is 20.2 Å². The number of carbonyl (C=O) groups is 2. The van der Waals surface area contributed by atoms with E-state index in [0.29, 0.717) is 30.8 Å². The van der Waals surface area contributed by atoms with Crippen LogP contribution in [0.5, 0.6) is 5.75 Å². The van der Waals surface area contributed by atoms with E-state index >= 15 is 0 Å². The number of benzene rings is 1. The van der Waals surface area contributed by atoms with Crippen LogP contribution < -0.4 is 15.4 Å². The molecule has 20 heavy (non-hydrogen) atoms. The van der Waals surface area contributed by atoms with Gasteiger partial charge in [-0.15, -0.1) is 0 Å². The lowest BCUT2D eigenvalue weighted by molar-refractivity contribution is -0.121. The van der Waals surface area contributed by atoms with Crippen LogP contribution in [0, 0.1) is 0 Å². The minimum atomic E-state index is -0.174. The van der Waals surface area contributed by atoms with Crippen molar-refractivity contribution in [1.29, 1.82) is 0 Å². The topological polar surface area (TPSA) is 67.4 Å². The predicted octanol–water partition coefficient (Wildman–Crippen LogP) is 1.73. The van der Waals surface area contributed by atoms with E-state index in [0.717, 1.165) is 12.8 Å². The molecular formula is C15H22N2O3. The smallest absolute Gasteiger partial charge is 0.251 e. The van der Waals surface area contributed by atoms with Gasteiger partial charge in [0.1, 0.15) is 5.75 Å². The highest BCUT2D eigenvalue weighted by molar-refractivity contribution is 5.94. The monoisotopic (exact) mass is 278 g/mol. The molecule has 1 rings (SSSR count). The quantitative estimate of drug-likeness (QED) is 0.712. The third-order valence-electron chi connectivity index (χ3n) is 2.82. The second kappa shape index (κ2) is 8.96. The van der Waals surface area contributed by atoms with E-state index in [1.807, 2.05) is 6.92 Å². The van der Waals surface area contributed by atoms with E-state index in [2.05, 4.69) is 10.6 Å². The van der Waals surface area contributed by atoms with Crippen molar-refractivity contribution in [1.82, 2.24) is 10.6 Å². The van der Waals surface area contributed by atoms with Crippen LogP contribution in [0.4, 0.5) is 0 Å². The highest BCUT2D eigenvalue weighted by Crippen LogP contribution is 2.12. The number of carbonyl (C=O) groups excluding carboxylic acids is 2. The zero-order chi connectivity index (χ0) is 14.8. The molecule has 0 aromatic heterocycles. The van der Waals surface area contributed by atoms with E-state index in [4.69, 9.17) is 4.74 Å². The predicted molar refractivity (Wildman–Crippen MR) is 77.9 cm³/mol. The standard InChI is InChI=1S/C15H22N2O3/c1-3-4-8-14(18)16-9-10-17-15(19)12-6-5-7-13(11-12)20-2/h5-7,11H,3-4,8-10H2,1-2H3,(H,16,18)(H,17,19). The molecule has 0 fully saturated rings. The van der Waals surface area contributed by atoms with E-state index in [1.54, 1.807) is 31.4 Å². The summed E-state index contributed by atoms with van der Waals surface area (Å²) in [5.74, 6) is 0.500. The molecule has 1 aromatic carbocycles. The molecule has 0 bridgehead atoms. The molecule has 2 amide bonds. The highest BCUT2D eigenvalue weighted by atomic mass is 16.5. The first kappa shape index (κ1) is 16.0. The minimum absolute atomic E-state index is 0.0301. The number of ether oxygens (including phenoxy) is 1. The number of unbranched alkanes of at least 4 members (excludes halogenated alkanes) is 1. The second-order valence-corrected chi connectivity index (χ2v) is 4.44. The largest absolute Gasteiger partial charge is 0.497 e. The number of methoxy groups -OCH3 is 1. The molecule has 5 nitrogen and oxygen atoms in total. The summed E-state index contributed by atoms with van der Waals surface area (Å²) in [6.07, 6.45) is 2.43. The van der Waals surface area contributed by atoms with Crippen LogP contribution in [-0.4, -0.2) is 32.0 Å². The van der Waals surface area contributed by atoms with Crippen LogP contribution in [0.15, 0.2) is 24.3 Å². The molecule has 0 saturated carbocycles.